The van der Waals surface area contributed by atoms with Crippen LogP contribution in [-0.4, -0.2) is 11.7 Å². The number of nitrogens with zero attached hydrogens (tertiary/aromatic N) is 1. The number of hydrogen-bond acceptors (Lipinski definition) is 4. The minimum Gasteiger partial charge on any atom is -0.387 e. The van der Waals surface area contributed by atoms with Gasteiger partial charge in [-0.15, -0.1) is 22.7 Å². The summed E-state index contributed by atoms with van der Waals surface area (Å²) in [6.07, 6.45) is 0. The predicted octanol–water partition coefficient (Wildman–Crippen LogP) is 4.88. The average molecular weight is 346 g/mol. The van der Waals surface area contributed by atoms with Crippen molar-refractivity contribution in [1.82, 2.24) is 0 Å². The number of aryl methyl sites for hydroxylation is 4. The van der Waals surface area contributed by atoms with E-state index in [1.165, 1.54) is 41.8 Å². The second kappa shape index (κ2) is 5.56. The summed E-state index contributed by atoms with van der Waals surface area (Å²) < 4.78 is 0. The third kappa shape index (κ3) is 2.37. The highest BCUT2D eigenvalue weighted by atomic mass is 32.1. The maximum absolute atomic E-state index is 8.44. The lowest BCUT2D eigenvalue weighted by Gasteiger charge is -2.22. The molecule has 3 heterocycles. The zero-order chi connectivity index (χ0) is 17.0. The highest BCUT2D eigenvalue weighted by Gasteiger charge is 2.41. The Kier molecular flexibility index (Phi) is 3.97. The van der Waals surface area contributed by atoms with Crippen molar-refractivity contribution in [3.8, 4) is 0 Å². The van der Waals surface area contributed by atoms with Gasteiger partial charge in [0.25, 0.3) is 0 Å². The van der Waals surface area contributed by atoms with Gasteiger partial charge < -0.3 is 5.73 Å². The molecule has 0 spiro atoms. The predicted molar refractivity (Wildman–Crippen MR) is 102 cm³/mol. The molecule has 1 aliphatic heterocycles. The van der Waals surface area contributed by atoms with Crippen LogP contribution in [0.1, 0.15) is 53.6 Å². The van der Waals surface area contributed by atoms with Gasteiger partial charge >= 0.3 is 0 Å². The van der Waals surface area contributed by atoms with Gasteiger partial charge in [0.05, 0.1) is 11.8 Å². The Balaban J connectivity index is 2.21. The molecule has 1 aliphatic rings. The van der Waals surface area contributed by atoms with Gasteiger partial charge in [0.2, 0.25) is 0 Å². The molecular formula is C18H23N3S2. The molecule has 2 aromatic heterocycles. The molecule has 0 saturated carbocycles. The lowest BCUT2D eigenvalue weighted by Crippen LogP contribution is -2.24. The first-order valence-corrected chi connectivity index (χ1v) is 9.42. The van der Waals surface area contributed by atoms with Gasteiger partial charge in [-0.1, -0.05) is 0 Å². The largest absolute Gasteiger partial charge is 0.387 e. The fraction of sp³-hybridized carbons (Fsp3) is 0.444. The molecule has 2 aromatic rings. The molecule has 2 unspecified atom stereocenters. The summed E-state index contributed by atoms with van der Waals surface area (Å²) in [6.45, 7) is 12.9. The van der Waals surface area contributed by atoms with Gasteiger partial charge in [-0.25, -0.2) is 4.99 Å². The molecule has 0 radical (unpaired) electrons. The lowest BCUT2D eigenvalue weighted by atomic mass is 9.79. The van der Waals surface area contributed by atoms with E-state index in [1.807, 2.05) is 22.7 Å². The topological polar surface area (TPSA) is 62.2 Å². The van der Waals surface area contributed by atoms with Crippen LogP contribution in [0.4, 0.5) is 0 Å². The van der Waals surface area contributed by atoms with Crippen molar-refractivity contribution in [3.05, 3.63) is 41.8 Å². The molecule has 122 valence electrons. The Morgan fingerprint density at radius 2 is 1.22 bits per heavy atom. The van der Waals surface area contributed by atoms with E-state index < -0.39 is 0 Å². The van der Waals surface area contributed by atoms with Gasteiger partial charge in [0.1, 0.15) is 11.7 Å². The van der Waals surface area contributed by atoms with Crippen LogP contribution in [0.25, 0.3) is 0 Å². The van der Waals surface area contributed by atoms with Crippen LogP contribution >= 0.6 is 22.7 Å². The summed E-state index contributed by atoms with van der Waals surface area (Å²) in [5.74, 6) is 0.941. The number of nitrogens with one attached hydrogen (secondary N) is 1. The molecule has 0 amide bonds. The zero-order valence-electron chi connectivity index (χ0n) is 14.5. The molecule has 0 bridgehead atoms. The minimum absolute atomic E-state index is 0.00106. The summed E-state index contributed by atoms with van der Waals surface area (Å²) in [6, 6.07) is 0. The number of amidine groups is 2. The van der Waals surface area contributed by atoms with Crippen molar-refractivity contribution in [3.63, 3.8) is 0 Å². The van der Waals surface area contributed by atoms with Crippen molar-refractivity contribution in [1.29, 1.82) is 5.41 Å². The Bertz CT molecular complexity index is 839. The molecule has 5 heteroatoms. The number of aliphatic imine (C=N–C) groups is 1. The molecule has 0 fully saturated rings. The van der Waals surface area contributed by atoms with E-state index in [0.717, 1.165) is 0 Å². The Morgan fingerprint density at radius 3 is 1.61 bits per heavy atom. The first-order chi connectivity index (χ1) is 10.7. The SMILES string of the molecule is Cc1sc(C)c(C2C(=N)N=C(N)C2c2c(C)sc(C)c2C)c1C. The van der Waals surface area contributed by atoms with E-state index in [0.29, 0.717) is 11.7 Å². The van der Waals surface area contributed by atoms with E-state index in [4.69, 9.17) is 11.1 Å². The van der Waals surface area contributed by atoms with Crippen molar-refractivity contribution in [2.24, 2.45) is 10.7 Å². The molecule has 2 atom stereocenters. The number of rotatable bonds is 2. The second-order valence-electron chi connectivity index (χ2n) is 6.38. The van der Waals surface area contributed by atoms with E-state index >= 15 is 0 Å². The van der Waals surface area contributed by atoms with Crippen LogP contribution < -0.4 is 5.73 Å². The fourth-order valence-corrected chi connectivity index (χ4v) is 5.98. The first kappa shape index (κ1) is 16.4. The molecule has 0 saturated heterocycles. The smallest absolute Gasteiger partial charge is 0.131 e. The normalized spacial score (nSPS) is 21.1. The second-order valence-corrected chi connectivity index (χ2v) is 9.24. The van der Waals surface area contributed by atoms with Crippen molar-refractivity contribution < 1.29 is 0 Å². The summed E-state index contributed by atoms with van der Waals surface area (Å²) >= 11 is 3.63. The van der Waals surface area contributed by atoms with Crippen LogP contribution in [-0.2, 0) is 0 Å². The summed E-state index contributed by atoms with van der Waals surface area (Å²) in [7, 11) is 0. The van der Waals surface area contributed by atoms with E-state index in [2.05, 4.69) is 46.5 Å². The van der Waals surface area contributed by atoms with Gasteiger partial charge in [0.15, 0.2) is 0 Å². The van der Waals surface area contributed by atoms with Crippen molar-refractivity contribution in [2.45, 2.75) is 53.4 Å². The summed E-state index contributed by atoms with van der Waals surface area (Å²) in [4.78, 5) is 9.61. The average Bonchev–Trinajstić information content (AvgIpc) is 2.96. The Labute approximate surface area is 145 Å². The van der Waals surface area contributed by atoms with Crippen LogP contribution in [0.3, 0.4) is 0 Å². The van der Waals surface area contributed by atoms with E-state index in [1.54, 1.807) is 0 Å². The number of nitrogens with two attached hydrogens (primary N) is 1. The number of hydrogen-bond donors (Lipinski definition) is 2. The fourth-order valence-electron chi connectivity index (χ4n) is 3.76. The standard InChI is InChI=1S/C18H23N3S2/c1-7-9(3)22-11(5)13(7)15-16(18(20)21-17(15)19)14-8(2)10(4)23-12(14)6/h15-16H,1-6H3,(H3,19,20,21). The van der Waals surface area contributed by atoms with E-state index in [9.17, 15) is 0 Å². The van der Waals surface area contributed by atoms with E-state index in [-0.39, 0.29) is 11.8 Å². The minimum atomic E-state index is -0.0497. The van der Waals surface area contributed by atoms with Crippen LogP contribution in [0.5, 0.6) is 0 Å². The molecular weight excluding hydrogens is 322 g/mol. The molecule has 3 N–H and O–H groups in total. The van der Waals surface area contributed by atoms with Gasteiger partial charge in [-0.3, -0.25) is 5.41 Å². The maximum atomic E-state index is 8.44. The molecule has 0 aromatic carbocycles. The molecule has 3 rings (SSSR count). The summed E-state index contributed by atoms with van der Waals surface area (Å²) in [5, 5.41) is 8.44. The van der Waals surface area contributed by atoms with Gasteiger partial charge in [-0.05, 0) is 63.8 Å². The highest BCUT2D eigenvalue weighted by molar-refractivity contribution is 7.12. The lowest BCUT2D eigenvalue weighted by molar-refractivity contribution is 0.805. The maximum Gasteiger partial charge on any atom is 0.131 e. The van der Waals surface area contributed by atoms with Gasteiger partial charge in [-0.2, -0.15) is 0 Å². The molecule has 3 nitrogen and oxygen atoms in total. The first-order valence-electron chi connectivity index (χ1n) is 7.79. The third-order valence-electron chi connectivity index (χ3n) is 5.05. The van der Waals surface area contributed by atoms with Gasteiger partial charge in [0, 0.05) is 19.5 Å². The van der Waals surface area contributed by atoms with Crippen molar-refractivity contribution in [2.75, 3.05) is 0 Å². The molecule has 0 aliphatic carbocycles. The Morgan fingerprint density at radius 1 is 0.783 bits per heavy atom. The number of thiophene rings is 2. The molecule has 23 heavy (non-hydrogen) atoms. The van der Waals surface area contributed by atoms with Crippen molar-refractivity contribution >= 4 is 34.3 Å². The third-order valence-corrected chi connectivity index (χ3v) is 7.33. The van der Waals surface area contributed by atoms with Crippen LogP contribution in [0.15, 0.2) is 4.99 Å². The zero-order valence-corrected chi connectivity index (χ0v) is 16.1. The summed E-state index contributed by atoms with van der Waals surface area (Å²) in [5.41, 5.74) is 11.4. The highest BCUT2D eigenvalue weighted by Crippen LogP contribution is 2.47. The quantitative estimate of drug-likeness (QED) is 0.801. The van der Waals surface area contributed by atoms with Crippen LogP contribution in [0, 0.1) is 47.0 Å². The van der Waals surface area contributed by atoms with Crippen LogP contribution in [0.2, 0.25) is 0 Å². The monoisotopic (exact) mass is 345 g/mol. The Hall–Kier alpha value is -1.46.